The van der Waals surface area contributed by atoms with Crippen molar-refractivity contribution in [3.63, 3.8) is 0 Å². The number of benzene rings is 1. The zero-order chi connectivity index (χ0) is 22.0. The summed E-state index contributed by atoms with van der Waals surface area (Å²) in [4.78, 5) is 11.2. The van der Waals surface area contributed by atoms with Gasteiger partial charge < -0.3 is 5.11 Å². The molecule has 1 aliphatic carbocycles. The fraction of sp³-hybridized carbons (Fsp3) is 0.333. The summed E-state index contributed by atoms with van der Waals surface area (Å²) in [6.07, 6.45) is 5.14. The number of hydrogen-bond donors (Lipinski definition) is 1. The summed E-state index contributed by atoms with van der Waals surface area (Å²) in [6.45, 7) is 5.90. The van der Waals surface area contributed by atoms with Gasteiger partial charge >= 0.3 is 0 Å². The van der Waals surface area contributed by atoms with E-state index in [-0.39, 0.29) is 24.3 Å². The molecule has 0 radical (unpaired) electrons. The van der Waals surface area contributed by atoms with Crippen LogP contribution in [0, 0.1) is 6.92 Å². The van der Waals surface area contributed by atoms with Gasteiger partial charge in [-0.05, 0) is 26.0 Å². The number of halogens is 2. The van der Waals surface area contributed by atoms with E-state index >= 15 is 0 Å². The molecular weight excluding hydrogens is 398 g/mol. The van der Waals surface area contributed by atoms with Gasteiger partial charge in [-0.1, -0.05) is 36.8 Å². The molecule has 4 rings (SSSR count). The Labute approximate surface area is 180 Å². The predicted octanol–water partition coefficient (Wildman–Crippen LogP) is 4.85. The van der Waals surface area contributed by atoms with Crippen LogP contribution in [0.15, 0.2) is 54.4 Å². The molecule has 0 saturated carbocycles. The fourth-order valence-electron chi connectivity index (χ4n) is 3.87. The maximum atomic E-state index is 14.5. The first-order valence-electron chi connectivity index (χ1n) is 10.5. The van der Waals surface area contributed by atoms with Gasteiger partial charge in [-0.2, -0.15) is 0 Å². The van der Waals surface area contributed by atoms with E-state index in [4.69, 9.17) is 4.98 Å². The SMILES string of the molecule is CCN(CCO)Cc1c(-c2ccc(C)cc2)nc2cnc(C3=C(F)CCC=C3F)cn12. The molecule has 0 bridgehead atoms. The Balaban J connectivity index is 1.88. The minimum Gasteiger partial charge on any atom is -0.395 e. The Morgan fingerprint density at radius 3 is 2.65 bits per heavy atom. The van der Waals surface area contributed by atoms with Crippen LogP contribution in [0.3, 0.4) is 0 Å². The lowest BCUT2D eigenvalue weighted by molar-refractivity contribution is 0.195. The number of aliphatic hydroxyl groups excluding tert-OH is 1. The maximum Gasteiger partial charge on any atom is 0.156 e. The number of aliphatic hydroxyl groups is 1. The summed E-state index contributed by atoms with van der Waals surface area (Å²) in [5, 5.41) is 9.43. The number of nitrogens with zero attached hydrogens (tertiary/aromatic N) is 4. The third kappa shape index (κ3) is 4.29. The van der Waals surface area contributed by atoms with Crippen LogP contribution in [0.25, 0.3) is 22.5 Å². The summed E-state index contributed by atoms with van der Waals surface area (Å²) >= 11 is 0. The minimum atomic E-state index is -0.577. The molecule has 2 heterocycles. The lowest BCUT2D eigenvalue weighted by atomic mass is 10.0. The van der Waals surface area contributed by atoms with Crippen molar-refractivity contribution in [3.05, 3.63) is 71.3 Å². The monoisotopic (exact) mass is 424 g/mol. The quantitative estimate of drug-likeness (QED) is 0.589. The molecule has 0 spiro atoms. The number of rotatable bonds is 7. The van der Waals surface area contributed by atoms with Crippen molar-refractivity contribution in [1.82, 2.24) is 19.3 Å². The molecule has 2 aromatic heterocycles. The van der Waals surface area contributed by atoms with Gasteiger partial charge in [-0.3, -0.25) is 14.3 Å². The smallest absolute Gasteiger partial charge is 0.156 e. The molecular formula is C24H26F2N4O. The first kappa shape index (κ1) is 21.3. The van der Waals surface area contributed by atoms with Crippen LogP contribution in [0.2, 0.25) is 0 Å². The van der Waals surface area contributed by atoms with Gasteiger partial charge in [0.05, 0.1) is 35.5 Å². The number of aromatic nitrogens is 3. The highest BCUT2D eigenvalue weighted by molar-refractivity contribution is 5.78. The number of likely N-dealkylation sites (N-methyl/N-ethyl adjacent to an activating group) is 1. The number of imidazole rings is 1. The van der Waals surface area contributed by atoms with Crippen molar-refractivity contribution in [2.45, 2.75) is 33.2 Å². The maximum absolute atomic E-state index is 14.5. The molecule has 3 aromatic rings. The molecule has 1 aliphatic rings. The molecule has 1 aromatic carbocycles. The highest BCUT2D eigenvalue weighted by Gasteiger charge is 2.22. The van der Waals surface area contributed by atoms with Gasteiger partial charge in [-0.15, -0.1) is 0 Å². The highest BCUT2D eigenvalue weighted by Crippen LogP contribution is 2.34. The molecule has 7 heteroatoms. The molecule has 31 heavy (non-hydrogen) atoms. The van der Waals surface area contributed by atoms with Crippen LogP contribution in [-0.2, 0) is 6.54 Å². The summed E-state index contributed by atoms with van der Waals surface area (Å²) in [7, 11) is 0. The van der Waals surface area contributed by atoms with Crippen LogP contribution in [0.4, 0.5) is 8.78 Å². The zero-order valence-corrected chi connectivity index (χ0v) is 17.8. The van der Waals surface area contributed by atoms with Crippen LogP contribution in [0.1, 0.15) is 36.7 Å². The largest absolute Gasteiger partial charge is 0.395 e. The Kier molecular flexibility index (Phi) is 6.25. The fourth-order valence-corrected chi connectivity index (χ4v) is 3.87. The lowest BCUT2D eigenvalue weighted by Crippen LogP contribution is -2.27. The van der Waals surface area contributed by atoms with Gasteiger partial charge in [0.15, 0.2) is 5.65 Å². The van der Waals surface area contributed by atoms with Crippen LogP contribution >= 0.6 is 0 Å². The number of aryl methyl sites for hydroxylation is 1. The first-order valence-corrected chi connectivity index (χ1v) is 10.5. The van der Waals surface area contributed by atoms with Crippen molar-refractivity contribution in [3.8, 4) is 11.3 Å². The van der Waals surface area contributed by atoms with Crippen molar-refractivity contribution in [1.29, 1.82) is 0 Å². The van der Waals surface area contributed by atoms with Crippen molar-refractivity contribution >= 4 is 11.2 Å². The number of fused-ring (bicyclic) bond motifs is 1. The molecule has 0 aliphatic heterocycles. The molecule has 0 fully saturated rings. The summed E-state index contributed by atoms with van der Waals surface area (Å²) in [5.41, 5.74) is 4.57. The first-order chi connectivity index (χ1) is 15.0. The lowest BCUT2D eigenvalue weighted by Gasteiger charge is -2.20. The highest BCUT2D eigenvalue weighted by atomic mass is 19.1. The molecule has 0 amide bonds. The summed E-state index contributed by atoms with van der Waals surface area (Å²) < 4.78 is 30.7. The minimum absolute atomic E-state index is 0.0470. The standard InChI is InChI=1S/C24H26F2N4O/c1-3-29(11-12-31)15-21-24(17-9-7-16(2)8-10-17)28-22-13-27-20(14-30(21)22)23-18(25)5-4-6-19(23)26/h5,7-10,13-14,31H,3-4,6,11-12,15H2,1-2H3. The molecule has 0 saturated heterocycles. The summed E-state index contributed by atoms with van der Waals surface area (Å²) in [6, 6.07) is 8.09. The van der Waals surface area contributed by atoms with Gasteiger partial charge in [0.25, 0.3) is 0 Å². The van der Waals surface area contributed by atoms with E-state index in [0.717, 1.165) is 29.1 Å². The van der Waals surface area contributed by atoms with E-state index in [1.54, 1.807) is 12.4 Å². The normalized spacial score (nSPS) is 14.6. The van der Waals surface area contributed by atoms with Crippen LogP contribution < -0.4 is 0 Å². The number of allylic oxidation sites excluding steroid dienone is 4. The Morgan fingerprint density at radius 2 is 1.97 bits per heavy atom. The van der Waals surface area contributed by atoms with E-state index in [0.29, 0.717) is 25.2 Å². The van der Waals surface area contributed by atoms with E-state index in [9.17, 15) is 13.9 Å². The average molecular weight is 424 g/mol. The van der Waals surface area contributed by atoms with E-state index < -0.39 is 11.7 Å². The van der Waals surface area contributed by atoms with Gasteiger partial charge in [-0.25, -0.2) is 13.8 Å². The molecule has 5 nitrogen and oxygen atoms in total. The molecule has 0 unspecified atom stereocenters. The average Bonchev–Trinajstić information content (AvgIpc) is 3.11. The predicted molar refractivity (Wildman–Crippen MR) is 118 cm³/mol. The summed E-state index contributed by atoms with van der Waals surface area (Å²) in [5.74, 6) is -1.06. The molecule has 0 atom stereocenters. The van der Waals surface area contributed by atoms with E-state index in [1.165, 1.54) is 6.08 Å². The van der Waals surface area contributed by atoms with Crippen molar-refractivity contribution in [2.24, 2.45) is 0 Å². The Morgan fingerprint density at radius 1 is 1.19 bits per heavy atom. The second-order valence-electron chi connectivity index (χ2n) is 7.74. The topological polar surface area (TPSA) is 53.7 Å². The Bertz CT molecular complexity index is 1150. The zero-order valence-electron chi connectivity index (χ0n) is 17.8. The van der Waals surface area contributed by atoms with Crippen molar-refractivity contribution in [2.75, 3.05) is 19.7 Å². The van der Waals surface area contributed by atoms with Gasteiger partial charge in [0.2, 0.25) is 0 Å². The second-order valence-corrected chi connectivity index (χ2v) is 7.74. The third-order valence-electron chi connectivity index (χ3n) is 5.62. The van der Waals surface area contributed by atoms with Gasteiger partial charge in [0.1, 0.15) is 11.7 Å². The van der Waals surface area contributed by atoms with Crippen LogP contribution in [-0.4, -0.2) is 44.1 Å². The van der Waals surface area contributed by atoms with Gasteiger partial charge in [0, 0.05) is 31.3 Å². The van der Waals surface area contributed by atoms with Crippen molar-refractivity contribution < 1.29 is 13.9 Å². The third-order valence-corrected chi connectivity index (χ3v) is 5.62. The molecule has 162 valence electrons. The van der Waals surface area contributed by atoms with E-state index in [1.807, 2.05) is 42.5 Å². The second kappa shape index (κ2) is 9.08. The Hall–Kier alpha value is -2.90. The number of hydrogen-bond acceptors (Lipinski definition) is 4. The molecule has 1 N–H and O–H groups in total. The van der Waals surface area contributed by atoms with Crippen LogP contribution in [0.5, 0.6) is 0 Å². The van der Waals surface area contributed by atoms with E-state index in [2.05, 4.69) is 9.88 Å².